The monoisotopic (exact) mass is 415 g/mol. The highest BCUT2D eigenvalue weighted by Crippen LogP contribution is 2.23. The fraction of sp³-hybridized carbons (Fsp3) is 0.500. The summed E-state index contributed by atoms with van der Waals surface area (Å²) in [6.45, 7) is 3.70. The zero-order valence-corrected chi connectivity index (χ0v) is 14.7. The summed E-state index contributed by atoms with van der Waals surface area (Å²) >= 11 is 6.40. The van der Waals surface area contributed by atoms with Gasteiger partial charge in [0.1, 0.15) is 10.7 Å². The number of benzene rings is 1. The van der Waals surface area contributed by atoms with Crippen LogP contribution in [0.1, 0.15) is 26.7 Å². The Labute approximate surface area is 130 Å². The van der Waals surface area contributed by atoms with Crippen molar-refractivity contribution in [1.29, 1.82) is 0 Å². The number of sulfonamides is 1. The molecule has 0 radical (unpaired) electrons. The molecule has 1 aromatic rings. The normalized spacial score (nSPS) is 15.2. The molecular formula is C12H16Br2FNO2S. The molecule has 0 aromatic heterocycles. The molecule has 7 heteroatoms. The summed E-state index contributed by atoms with van der Waals surface area (Å²) < 4.78 is 41.3. The molecular weight excluding hydrogens is 401 g/mol. The first-order chi connectivity index (χ1) is 8.74. The molecule has 0 saturated heterocycles. The zero-order chi connectivity index (χ0) is 14.7. The third-order valence-electron chi connectivity index (χ3n) is 2.99. The van der Waals surface area contributed by atoms with Gasteiger partial charge >= 0.3 is 0 Å². The average molecular weight is 417 g/mol. The van der Waals surface area contributed by atoms with Crippen molar-refractivity contribution in [1.82, 2.24) is 4.72 Å². The Hall–Kier alpha value is 0.0200. The van der Waals surface area contributed by atoms with Gasteiger partial charge in [0.05, 0.1) is 0 Å². The molecule has 0 amide bonds. The molecule has 1 N–H and O–H groups in total. The SMILES string of the molecule is CCC(C)(CCBr)NS(=O)(=O)c1ccc(Br)cc1F. The van der Waals surface area contributed by atoms with E-state index in [0.717, 1.165) is 6.07 Å². The molecule has 0 saturated carbocycles. The lowest BCUT2D eigenvalue weighted by atomic mass is 9.98. The fourth-order valence-electron chi connectivity index (χ4n) is 1.58. The Morgan fingerprint density at radius 3 is 2.53 bits per heavy atom. The molecule has 0 heterocycles. The number of nitrogens with one attached hydrogen (secondary N) is 1. The van der Waals surface area contributed by atoms with E-state index in [1.54, 1.807) is 0 Å². The smallest absolute Gasteiger partial charge is 0.207 e. The minimum atomic E-state index is -3.87. The lowest BCUT2D eigenvalue weighted by Crippen LogP contribution is -2.45. The summed E-state index contributed by atoms with van der Waals surface area (Å²) in [4.78, 5) is -0.329. The van der Waals surface area contributed by atoms with Gasteiger partial charge in [-0.05, 0) is 38.0 Å². The maximum Gasteiger partial charge on any atom is 0.243 e. The van der Waals surface area contributed by atoms with Crippen LogP contribution in [-0.2, 0) is 10.0 Å². The summed E-state index contributed by atoms with van der Waals surface area (Å²) in [5, 5.41) is 0.669. The van der Waals surface area contributed by atoms with Crippen molar-refractivity contribution in [2.75, 3.05) is 5.33 Å². The Kier molecular flexibility index (Phi) is 5.97. The molecule has 0 spiro atoms. The first-order valence-corrected chi connectivity index (χ1v) is 9.19. The molecule has 0 aliphatic heterocycles. The van der Waals surface area contributed by atoms with E-state index in [2.05, 4.69) is 36.6 Å². The standard InChI is InChI=1S/C12H16Br2FNO2S/c1-3-12(2,6-7-13)16-19(17,18)11-5-4-9(14)8-10(11)15/h4-5,8,16H,3,6-7H2,1-2H3. The molecule has 19 heavy (non-hydrogen) atoms. The van der Waals surface area contributed by atoms with Gasteiger partial charge in [0.15, 0.2) is 0 Å². The van der Waals surface area contributed by atoms with E-state index in [1.807, 2.05) is 13.8 Å². The number of rotatable bonds is 6. The van der Waals surface area contributed by atoms with E-state index in [4.69, 9.17) is 0 Å². The Morgan fingerprint density at radius 2 is 2.05 bits per heavy atom. The zero-order valence-electron chi connectivity index (χ0n) is 10.7. The van der Waals surface area contributed by atoms with Crippen molar-refractivity contribution in [2.24, 2.45) is 0 Å². The van der Waals surface area contributed by atoms with Crippen LogP contribution in [-0.4, -0.2) is 19.3 Å². The molecule has 1 aromatic carbocycles. The maximum absolute atomic E-state index is 13.8. The number of hydrogen-bond donors (Lipinski definition) is 1. The largest absolute Gasteiger partial charge is 0.243 e. The van der Waals surface area contributed by atoms with Gasteiger partial charge in [0.2, 0.25) is 10.0 Å². The lowest BCUT2D eigenvalue weighted by Gasteiger charge is -2.28. The summed E-state index contributed by atoms with van der Waals surface area (Å²) in [5.74, 6) is -0.765. The third-order valence-corrected chi connectivity index (χ3v) is 5.55. The van der Waals surface area contributed by atoms with Crippen molar-refractivity contribution in [3.63, 3.8) is 0 Å². The van der Waals surface area contributed by atoms with Gasteiger partial charge in [-0.1, -0.05) is 38.8 Å². The predicted molar refractivity (Wildman–Crippen MR) is 81.5 cm³/mol. The quantitative estimate of drug-likeness (QED) is 0.716. The summed E-state index contributed by atoms with van der Waals surface area (Å²) in [6.07, 6.45) is 1.25. The van der Waals surface area contributed by atoms with Crippen LogP contribution in [0.4, 0.5) is 4.39 Å². The molecule has 0 aliphatic rings. The van der Waals surface area contributed by atoms with Gasteiger partial charge in [0, 0.05) is 15.3 Å². The second kappa shape index (κ2) is 6.65. The number of halogens is 3. The van der Waals surface area contributed by atoms with E-state index in [-0.39, 0.29) is 4.90 Å². The first kappa shape index (κ1) is 17.1. The molecule has 1 unspecified atom stereocenters. The molecule has 0 fully saturated rings. The summed E-state index contributed by atoms with van der Waals surface area (Å²) in [7, 11) is -3.87. The van der Waals surface area contributed by atoms with E-state index < -0.39 is 21.4 Å². The van der Waals surface area contributed by atoms with Gasteiger partial charge in [-0.2, -0.15) is 0 Å². The van der Waals surface area contributed by atoms with E-state index in [0.29, 0.717) is 22.6 Å². The minimum absolute atomic E-state index is 0.329. The van der Waals surface area contributed by atoms with Crippen molar-refractivity contribution >= 4 is 41.9 Å². The molecule has 0 bridgehead atoms. The van der Waals surface area contributed by atoms with Crippen LogP contribution in [0.2, 0.25) is 0 Å². The van der Waals surface area contributed by atoms with Crippen molar-refractivity contribution in [3.05, 3.63) is 28.5 Å². The van der Waals surface area contributed by atoms with Gasteiger partial charge in [-0.15, -0.1) is 0 Å². The van der Waals surface area contributed by atoms with Gasteiger partial charge < -0.3 is 0 Å². The summed E-state index contributed by atoms with van der Waals surface area (Å²) in [5.41, 5.74) is -0.595. The van der Waals surface area contributed by atoms with Gasteiger partial charge in [-0.25, -0.2) is 17.5 Å². The Bertz CT molecular complexity index is 551. The van der Waals surface area contributed by atoms with Crippen LogP contribution < -0.4 is 4.72 Å². The number of hydrogen-bond acceptors (Lipinski definition) is 2. The fourth-order valence-corrected chi connectivity index (χ4v) is 4.36. The van der Waals surface area contributed by atoms with Crippen LogP contribution in [0.5, 0.6) is 0 Å². The topological polar surface area (TPSA) is 46.2 Å². The molecule has 3 nitrogen and oxygen atoms in total. The lowest BCUT2D eigenvalue weighted by molar-refractivity contribution is 0.391. The number of alkyl halides is 1. The molecule has 1 atom stereocenters. The summed E-state index contributed by atoms with van der Waals surface area (Å²) in [6, 6.07) is 3.90. The van der Waals surface area contributed by atoms with Crippen molar-refractivity contribution in [2.45, 2.75) is 37.1 Å². The van der Waals surface area contributed by atoms with Crippen LogP contribution in [0, 0.1) is 5.82 Å². The second-order valence-electron chi connectivity index (χ2n) is 4.53. The molecule has 1 rings (SSSR count). The van der Waals surface area contributed by atoms with E-state index in [9.17, 15) is 12.8 Å². The second-order valence-corrected chi connectivity index (χ2v) is 7.89. The Morgan fingerprint density at radius 1 is 1.42 bits per heavy atom. The maximum atomic E-state index is 13.8. The highest BCUT2D eigenvalue weighted by molar-refractivity contribution is 9.10. The predicted octanol–water partition coefficient (Wildman–Crippen LogP) is 3.82. The highest BCUT2D eigenvalue weighted by atomic mass is 79.9. The van der Waals surface area contributed by atoms with Crippen LogP contribution in [0.25, 0.3) is 0 Å². The van der Waals surface area contributed by atoms with Crippen molar-refractivity contribution < 1.29 is 12.8 Å². The first-order valence-electron chi connectivity index (χ1n) is 5.79. The van der Waals surface area contributed by atoms with Crippen LogP contribution >= 0.6 is 31.9 Å². The van der Waals surface area contributed by atoms with Crippen LogP contribution in [0.3, 0.4) is 0 Å². The van der Waals surface area contributed by atoms with E-state index in [1.165, 1.54) is 12.1 Å². The molecule has 0 aliphatic carbocycles. The van der Waals surface area contributed by atoms with E-state index >= 15 is 0 Å². The third kappa shape index (κ3) is 4.51. The van der Waals surface area contributed by atoms with Crippen LogP contribution in [0.15, 0.2) is 27.6 Å². The highest BCUT2D eigenvalue weighted by Gasteiger charge is 2.30. The van der Waals surface area contributed by atoms with Gasteiger partial charge in [0.25, 0.3) is 0 Å². The average Bonchev–Trinajstić information content (AvgIpc) is 2.27. The minimum Gasteiger partial charge on any atom is -0.207 e. The van der Waals surface area contributed by atoms with Gasteiger partial charge in [-0.3, -0.25) is 0 Å². The molecule has 108 valence electrons. The van der Waals surface area contributed by atoms with Crippen molar-refractivity contribution in [3.8, 4) is 0 Å². The Balaban J connectivity index is 3.10.